The van der Waals surface area contributed by atoms with Crippen LogP contribution in [0.5, 0.6) is 0 Å². The summed E-state index contributed by atoms with van der Waals surface area (Å²) in [5.74, 6) is 0. The van der Waals surface area contributed by atoms with Gasteiger partial charge in [0.1, 0.15) is 0 Å². The first kappa shape index (κ1) is 21.9. The average molecular weight is 440 g/mol. The maximum absolute atomic E-state index is 13.3. The number of carbonyl (C=O) groups is 1. The fourth-order valence-electron chi connectivity index (χ4n) is 4.72. The predicted molar refractivity (Wildman–Crippen MR) is 129 cm³/mol. The quantitative estimate of drug-likeness (QED) is 0.476. The van der Waals surface area contributed by atoms with E-state index in [0.29, 0.717) is 25.7 Å². The Morgan fingerprint density at radius 2 is 2.00 bits per heavy atom. The summed E-state index contributed by atoms with van der Waals surface area (Å²) in [6, 6.07) is 13.1. The van der Waals surface area contributed by atoms with E-state index < -0.39 is 0 Å². The minimum absolute atomic E-state index is 0.0226. The highest BCUT2D eigenvalue weighted by Gasteiger charge is 2.24. The zero-order chi connectivity index (χ0) is 21.6. The Morgan fingerprint density at radius 3 is 2.71 bits per heavy atom. The molecule has 0 radical (unpaired) electrons. The molecule has 0 aliphatic heterocycles. The van der Waals surface area contributed by atoms with Crippen LogP contribution in [0.2, 0.25) is 0 Å². The third kappa shape index (κ3) is 4.80. The second kappa shape index (κ2) is 10.3. The van der Waals surface area contributed by atoms with E-state index in [4.69, 9.17) is 4.74 Å². The number of fused-ring (bicyclic) bond motifs is 1. The Balaban J connectivity index is 1.69. The van der Waals surface area contributed by atoms with Gasteiger partial charge in [-0.3, -0.25) is 0 Å². The molecule has 1 aromatic carbocycles. The molecule has 1 N–H and O–H groups in total. The van der Waals surface area contributed by atoms with E-state index in [0.717, 1.165) is 19.4 Å². The number of para-hydroxylation sites is 1. The number of aromatic nitrogens is 1. The zero-order valence-corrected chi connectivity index (χ0v) is 19.4. The summed E-state index contributed by atoms with van der Waals surface area (Å²) in [6.07, 6.45) is 5.85. The normalized spacial score (nSPS) is 14.8. The summed E-state index contributed by atoms with van der Waals surface area (Å²) in [4.78, 5) is 16.5. The molecule has 2 aromatic heterocycles. The number of benzene rings is 1. The third-order valence-corrected chi connectivity index (χ3v) is 7.16. The standard InChI is InChI=1S/C25H33N3O2S/c1-3-28-22-13-8-7-12-20(22)21(24(28)23-14-9-17-31-23)18-27(15-16-30-2)25(29)26-19-10-5-4-6-11-19/h7-9,12-14,17,19H,3-6,10-11,15-16,18H2,1-2H3,(H,26,29). The Labute approximate surface area is 189 Å². The summed E-state index contributed by atoms with van der Waals surface area (Å²) in [6.45, 7) is 4.75. The smallest absolute Gasteiger partial charge is 0.317 e. The highest BCUT2D eigenvalue weighted by molar-refractivity contribution is 7.13. The number of amides is 2. The van der Waals surface area contributed by atoms with Crippen molar-refractivity contribution in [2.24, 2.45) is 0 Å². The fraction of sp³-hybridized carbons (Fsp3) is 0.480. The molecule has 1 fully saturated rings. The second-order valence-corrected chi connectivity index (χ2v) is 9.21. The summed E-state index contributed by atoms with van der Waals surface area (Å²) in [5.41, 5.74) is 3.67. The molecule has 166 valence electrons. The maximum atomic E-state index is 13.3. The van der Waals surface area contributed by atoms with Crippen LogP contribution in [-0.2, 0) is 17.8 Å². The van der Waals surface area contributed by atoms with Gasteiger partial charge in [-0.25, -0.2) is 4.79 Å². The van der Waals surface area contributed by atoms with Crippen molar-refractivity contribution in [3.05, 3.63) is 47.3 Å². The number of thiophene rings is 1. The van der Waals surface area contributed by atoms with Gasteiger partial charge in [0, 0.05) is 42.7 Å². The van der Waals surface area contributed by atoms with Crippen molar-refractivity contribution in [2.75, 3.05) is 20.3 Å². The van der Waals surface area contributed by atoms with Gasteiger partial charge in [0.15, 0.2) is 0 Å². The molecule has 2 heterocycles. The van der Waals surface area contributed by atoms with Crippen LogP contribution in [0.15, 0.2) is 41.8 Å². The Hall–Kier alpha value is -2.31. The molecule has 5 nitrogen and oxygen atoms in total. The predicted octanol–water partition coefficient (Wildman–Crippen LogP) is 5.88. The molecule has 1 aliphatic carbocycles. The Kier molecular flexibility index (Phi) is 7.30. The van der Waals surface area contributed by atoms with Gasteiger partial charge in [0.25, 0.3) is 0 Å². The number of aryl methyl sites for hydroxylation is 1. The molecule has 0 atom stereocenters. The van der Waals surface area contributed by atoms with E-state index in [1.807, 2.05) is 4.90 Å². The van der Waals surface area contributed by atoms with E-state index >= 15 is 0 Å². The molecular weight excluding hydrogens is 406 g/mol. The first-order valence-corrected chi connectivity index (χ1v) is 12.3. The molecule has 0 bridgehead atoms. The molecular formula is C25H33N3O2S. The van der Waals surface area contributed by atoms with Gasteiger partial charge >= 0.3 is 6.03 Å². The largest absolute Gasteiger partial charge is 0.383 e. The Morgan fingerprint density at radius 1 is 1.19 bits per heavy atom. The summed E-state index contributed by atoms with van der Waals surface area (Å²) >= 11 is 1.75. The topological polar surface area (TPSA) is 46.5 Å². The van der Waals surface area contributed by atoms with Crippen LogP contribution in [0.4, 0.5) is 4.79 Å². The molecule has 3 aromatic rings. The number of nitrogens with one attached hydrogen (secondary N) is 1. The first-order chi connectivity index (χ1) is 15.2. The minimum atomic E-state index is 0.0226. The monoisotopic (exact) mass is 439 g/mol. The molecule has 0 unspecified atom stereocenters. The molecule has 31 heavy (non-hydrogen) atoms. The molecule has 1 aliphatic rings. The average Bonchev–Trinajstić information content (AvgIpc) is 3.43. The summed E-state index contributed by atoms with van der Waals surface area (Å²) in [5, 5.41) is 6.64. The van der Waals surface area contributed by atoms with E-state index in [-0.39, 0.29) is 6.03 Å². The van der Waals surface area contributed by atoms with Crippen molar-refractivity contribution >= 4 is 28.3 Å². The molecule has 6 heteroatoms. The number of ether oxygens (including phenoxy) is 1. The lowest BCUT2D eigenvalue weighted by molar-refractivity contribution is 0.143. The van der Waals surface area contributed by atoms with Crippen molar-refractivity contribution in [3.8, 4) is 10.6 Å². The van der Waals surface area contributed by atoms with Crippen molar-refractivity contribution in [1.29, 1.82) is 0 Å². The highest BCUT2D eigenvalue weighted by atomic mass is 32.1. The number of hydrogen-bond acceptors (Lipinski definition) is 3. The van der Waals surface area contributed by atoms with Crippen LogP contribution in [-0.4, -0.2) is 41.8 Å². The lowest BCUT2D eigenvalue weighted by Gasteiger charge is -2.28. The minimum Gasteiger partial charge on any atom is -0.383 e. The van der Waals surface area contributed by atoms with Gasteiger partial charge in [0.2, 0.25) is 0 Å². The first-order valence-electron chi connectivity index (χ1n) is 11.4. The van der Waals surface area contributed by atoms with Gasteiger partial charge in [0.05, 0.1) is 23.7 Å². The number of hydrogen-bond donors (Lipinski definition) is 1. The number of nitrogens with zero attached hydrogens (tertiary/aromatic N) is 2. The van der Waals surface area contributed by atoms with Crippen molar-refractivity contribution in [2.45, 2.75) is 58.2 Å². The summed E-state index contributed by atoms with van der Waals surface area (Å²) in [7, 11) is 1.69. The van der Waals surface area contributed by atoms with Crippen molar-refractivity contribution in [1.82, 2.24) is 14.8 Å². The second-order valence-electron chi connectivity index (χ2n) is 8.26. The van der Waals surface area contributed by atoms with Gasteiger partial charge in [-0.2, -0.15) is 0 Å². The van der Waals surface area contributed by atoms with Crippen LogP contribution in [0.1, 0.15) is 44.6 Å². The van der Waals surface area contributed by atoms with E-state index in [1.165, 1.54) is 46.3 Å². The zero-order valence-electron chi connectivity index (χ0n) is 18.6. The van der Waals surface area contributed by atoms with Gasteiger partial charge in [-0.15, -0.1) is 11.3 Å². The lowest BCUT2D eigenvalue weighted by Crippen LogP contribution is -2.46. The maximum Gasteiger partial charge on any atom is 0.317 e. The fourth-order valence-corrected chi connectivity index (χ4v) is 5.52. The van der Waals surface area contributed by atoms with Gasteiger partial charge in [-0.05, 0) is 37.3 Å². The molecule has 0 saturated heterocycles. The van der Waals surface area contributed by atoms with Gasteiger partial charge < -0.3 is 19.5 Å². The van der Waals surface area contributed by atoms with Crippen LogP contribution in [0, 0.1) is 0 Å². The highest BCUT2D eigenvalue weighted by Crippen LogP contribution is 2.37. The van der Waals surface area contributed by atoms with Gasteiger partial charge in [-0.1, -0.05) is 43.5 Å². The summed E-state index contributed by atoms with van der Waals surface area (Å²) < 4.78 is 7.72. The van der Waals surface area contributed by atoms with E-state index in [2.05, 4.69) is 58.6 Å². The van der Waals surface area contributed by atoms with Crippen LogP contribution < -0.4 is 5.32 Å². The molecule has 2 amide bonds. The SMILES string of the molecule is CCn1c(-c2cccs2)c(CN(CCOC)C(=O)NC2CCCCC2)c2ccccc21. The van der Waals surface area contributed by atoms with E-state index in [9.17, 15) is 4.79 Å². The molecule has 4 rings (SSSR count). The molecule has 0 spiro atoms. The number of carbonyl (C=O) groups excluding carboxylic acids is 1. The Bertz CT molecular complexity index is 990. The number of rotatable bonds is 8. The van der Waals surface area contributed by atoms with Crippen LogP contribution >= 0.6 is 11.3 Å². The van der Waals surface area contributed by atoms with E-state index in [1.54, 1.807) is 18.4 Å². The van der Waals surface area contributed by atoms with Crippen LogP contribution in [0.25, 0.3) is 21.5 Å². The molecule has 1 saturated carbocycles. The lowest BCUT2D eigenvalue weighted by atomic mass is 9.96. The number of urea groups is 1. The van der Waals surface area contributed by atoms with Crippen molar-refractivity contribution < 1.29 is 9.53 Å². The van der Waals surface area contributed by atoms with Crippen molar-refractivity contribution in [3.63, 3.8) is 0 Å². The third-order valence-electron chi connectivity index (χ3n) is 6.28. The van der Waals surface area contributed by atoms with Crippen LogP contribution in [0.3, 0.4) is 0 Å². The number of methoxy groups -OCH3 is 1.